The van der Waals surface area contributed by atoms with Gasteiger partial charge in [-0.25, -0.2) is 0 Å². The Morgan fingerprint density at radius 2 is 1.97 bits per heavy atom. The Morgan fingerprint density at radius 1 is 1.18 bits per heavy atom. The third-order valence-corrected chi connectivity index (χ3v) is 7.18. The van der Waals surface area contributed by atoms with Crippen LogP contribution >= 0.6 is 11.3 Å². The molecule has 0 amide bonds. The molecule has 0 spiro atoms. The number of thiophene rings is 1. The van der Waals surface area contributed by atoms with Crippen LogP contribution in [0.5, 0.6) is 5.75 Å². The number of likely N-dealkylation sites (tertiary alicyclic amines) is 1. The highest BCUT2D eigenvalue weighted by atomic mass is 32.1. The summed E-state index contributed by atoms with van der Waals surface area (Å²) in [5.74, 6) is 0.934. The molecule has 1 saturated heterocycles. The first-order chi connectivity index (χ1) is 16.6. The van der Waals surface area contributed by atoms with Gasteiger partial charge in [-0.2, -0.15) is 16.4 Å². The van der Waals surface area contributed by atoms with Crippen LogP contribution in [0.4, 0.5) is 0 Å². The quantitative estimate of drug-likeness (QED) is 0.376. The predicted molar refractivity (Wildman–Crippen MR) is 135 cm³/mol. The van der Waals surface area contributed by atoms with Gasteiger partial charge in [-0.15, -0.1) is 0 Å². The number of hydrogen-bond donors (Lipinski definition) is 1. The van der Waals surface area contributed by atoms with Crippen molar-refractivity contribution in [1.29, 1.82) is 0 Å². The van der Waals surface area contributed by atoms with Crippen LogP contribution in [0.3, 0.4) is 0 Å². The molecule has 0 saturated carbocycles. The fraction of sp³-hybridized carbons (Fsp3) is 0.333. The summed E-state index contributed by atoms with van der Waals surface area (Å²) in [6, 6.07) is 16.1. The standard InChI is InChI=1S/C27H29N3O3S/c1-30-12-9-22(10-13-30)33-21-6-4-19(5-7-21)26-23-15-18(3-8-24(23)28-29-26)16-25(31)27(32-2)20-11-14-34-17-20/h3-8,11,14-15,17,22,27H,9-10,12-13,16H2,1-2H3,(H,28,29). The Labute approximate surface area is 203 Å². The first-order valence-corrected chi connectivity index (χ1v) is 12.6. The average molecular weight is 476 g/mol. The minimum atomic E-state index is -0.539. The Morgan fingerprint density at radius 3 is 2.68 bits per heavy atom. The lowest BCUT2D eigenvalue weighted by Gasteiger charge is -2.29. The highest BCUT2D eigenvalue weighted by Crippen LogP contribution is 2.30. The second kappa shape index (κ2) is 10.1. The second-order valence-electron chi connectivity index (χ2n) is 8.91. The number of benzene rings is 2. The van der Waals surface area contributed by atoms with Crippen LogP contribution < -0.4 is 4.74 Å². The van der Waals surface area contributed by atoms with Crippen LogP contribution in [-0.2, 0) is 16.0 Å². The molecule has 1 aliphatic heterocycles. The Hall–Kier alpha value is -3.00. The van der Waals surface area contributed by atoms with Crippen molar-refractivity contribution in [1.82, 2.24) is 15.1 Å². The Balaban J connectivity index is 1.32. The van der Waals surface area contributed by atoms with Crippen molar-refractivity contribution in [3.8, 4) is 17.0 Å². The Kier molecular flexibility index (Phi) is 6.76. The third-order valence-electron chi connectivity index (χ3n) is 6.48. The number of ether oxygens (including phenoxy) is 2. The van der Waals surface area contributed by atoms with Crippen molar-refractivity contribution in [3.63, 3.8) is 0 Å². The van der Waals surface area contributed by atoms with Gasteiger partial charge in [0, 0.05) is 37.6 Å². The van der Waals surface area contributed by atoms with Crippen LogP contribution in [0.1, 0.15) is 30.1 Å². The zero-order valence-electron chi connectivity index (χ0n) is 19.5. The van der Waals surface area contributed by atoms with Crippen molar-refractivity contribution < 1.29 is 14.3 Å². The highest BCUT2D eigenvalue weighted by Gasteiger charge is 2.21. The number of carbonyl (C=O) groups is 1. The van der Waals surface area contributed by atoms with Gasteiger partial charge in [-0.05, 0) is 84.2 Å². The van der Waals surface area contributed by atoms with E-state index >= 15 is 0 Å². The molecule has 1 fully saturated rings. The minimum Gasteiger partial charge on any atom is -0.490 e. The van der Waals surface area contributed by atoms with Crippen LogP contribution in [-0.4, -0.2) is 54.2 Å². The lowest BCUT2D eigenvalue weighted by atomic mass is 9.99. The van der Waals surface area contributed by atoms with Gasteiger partial charge in [0.25, 0.3) is 0 Å². The van der Waals surface area contributed by atoms with E-state index in [0.29, 0.717) is 6.42 Å². The maximum absolute atomic E-state index is 12.9. The SMILES string of the molecule is COC(C(=O)Cc1ccc2[nH]nc(-c3ccc(OC4CCN(C)CC4)cc3)c2c1)c1ccsc1. The normalized spacial score (nSPS) is 16.1. The predicted octanol–water partition coefficient (Wildman–Crippen LogP) is 5.26. The van der Waals surface area contributed by atoms with E-state index < -0.39 is 6.10 Å². The first-order valence-electron chi connectivity index (χ1n) is 11.6. The van der Waals surface area contributed by atoms with Gasteiger partial charge in [0.1, 0.15) is 18.0 Å². The molecule has 1 unspecified atom stereocenters. The molecule has 1 atom stereocenters. The van der Waals surface area contributed by atoms with Gasteiger partial charge in [-0.1, -0.05) is 6.07 Å². The minimum absolute atomic E-state index is 0.0423. The molecule has 2 aromatic heterocycles. The lowest BCUT2D eigenvalue weighted by molar-refractivity contribution is -0.128. The lowest BCUT2D eigenvalue weighted by Crippen LogP contribution is -2.35. The third kappa shape index (κ3) is 4.92. The number of carbonyl (C=O) groups excluding carboxylic acids is 1. The van der Waals surface area contributed by atoms with E-state index in [1.165, 1.54) is 0 Å². The molecule has 176 valence electrons. The summed E-state index contributed by atoms with van der Waals surface area (Å²) in [5.41, 5.74) is 4.68. The van der Waals surface area contributed by atoms with E-state index in [1.807, 2.05) is 41.1 Å². The van der Waals surface area contributed by atoms with Gasteiger partial charge in [0.15, 0.2) is 5.78 Å². The number of nitrogens with one attached hydrogen (secondary N) is 1. The molecule has 0 aliphatic carbocycles. The number of nitrogens with zero attached hydrogens (tertiary/aromatic N) is 2. The van der Waals surface area contributed by atoms with Gasteiger partial charge in [0.05, 0.1) is 11.2 Å². The van der Waals surface area contributed by atoms with Crippen molar-refractivity contribution in [2.75, 3.05) is 27.2 Å². The number of Topliss-reactive ketones (excluding diaryl/α,β-unsaturated/α-hetero) is 1. The first kappa shape index (κ1) is 22.8. The fourth-order valence-electron chi connectivity index (χ4n) is 4.55. The summed E-state index contributed by atoms with van der Waals surface area (Å²) in [7, 11) is 3.73. The number of piperidine rings is 1. The summed E-state index contributed by atoms with van der Waals surface area (Å²) in [5, 5.41) is 12.6. The van der Waals surface area contributed by atoms with E-state index in [4.69, 9.17) is 9.47 Å². The van der Waals surface area contributed by atoms with Crippen molar-refractivity contribution in [3.05, 3.63) is 70.4 Å². The maximum Gasteiger partial charge on any atom is 0.170 e. The van der Waals surface area contributed by atoms with Crippen molar-refractivity contribution >= 4 is 28.0 Å². The molecular weight excluding hydrogens is 446 g/mol. The van der Waals surface area contributed by atoms with E-state index in [9.17, 15) is 4.79 Å². The van der Waals surface area contributed by atoms with E-state index in [1.54, 1.807) is 18.4 Å². The molecule has 34 heavy (non-hydrogen) atoms. The Bertz CT molecular complexity index is 1240. The molecule has 0 radical (unpaired) electrons. The van der Waals surface area contributed by atoms with Gasteiger partial charge >= 0.3 is 0 Å². The molecule has 4 aromatic rings. The number of hydrogen-bond acceptors (Lipinski definition) is 6. The molecule has 7 heteroatoms. The van der Waals surface area contributed by atoms with Gasteiger partial charge in [0.2, 0.25) is 0 Å². The molecular formula is C27H29N3O3S. The summed E-state index contributed by atoms with van der Waals surface area (Å²) in [6.45, 7) is 2.15. The van der Waals surface area contributed by atoms with E-state index in [2.05, 4.69) is 40.3 Å². The van der Waals surface area contributed by atoms with Crippen LogP contribution in [0.15, 0.2) is 59.3 Å². The number of aromatic amines is 1. The molecule has 2 aromatic carbocycles. The molecule has 0 bridgehead atoms. The fourth-order valence-corrected chi connectivity index (χ4v) is 5.22. The number of methoxy groups -OCH3 is 1. The van der Waals surface area contributed by atoms with Crippen molar-refractivity contribution in [2.45, 2.75) is 31.5 Å². The zero-order chi connectivity index (χ0) is 23.5. The number of fused-ring (bicyclic) bond motifs is 1. The summed E-state index contributed by atoms with van der Waals surface area (Å²) in [6.07, 6.45) is 2.15. The number of ketones is 1. The van der Waals surface area contributed by atoms with E-state index in [0.717, 1.165) is 65.0 Å². The topological polar surface area (TPSA) is 67.5 Å². The number of aromatic nitrogens is 2. The van der Waals surface area contributed by atoms with Crippen LogP contribution in [0.2, 0.25) is 0 Å². The van der Waals surface area contributed by atoms with Crippen molar-refractivity contribution in [2.24, 2.45) is 0 Å². The second-order valence-corrected chi connectivity index (χ2v) is 9.69. The maximum atomic E-state index is 12.9. The monoisotopic (exact) mass is 475 g/mol. The molecule has 6 nitrogen and oxygen atoms in total. The van der Waals surface area contributed by atoms with Crippen LogP contribution in [0, 0.1) is 0 Å². The average Bonchev–Trinajstić information content (AvgIpc) is 3.52. The molecule has 5 rings (SSSR count). The molecule has 3 heterocycles. The van der Waals surface area contributed by atoms with E-state index in [-0.39, 0.29) is 11.9 Å². The number of H-pyrrole nitrogens is 1. The largest absolute Gasteiger partial charge is 0.490 e. The van der Waals surface area contributed by atoms with Gasteiger partial charge < -0.3 is 14.4 Å². The summed E-state index contributed by atoms with van der Waals surface area (Å²) < 4.78 is 11.7. The van der Waals surface area contributed by atoms with Crippen LogP contribution in [0.25, 0.3) is 22.2 Å². The number of rotatable bonds is 8. The molecule has 1 aliphatic rings. The highest BCUT2D eigenvalue weighted by molar-refractivity contribution is 7.08. The smallest absolute Gasteiger partial charge is 0.170 e. The molecule has 1 N–H and O–H groups in total. The zero-order valence-corrected chi connectivity index (χ0v) is 20.3. The summed E-state index contributed by atoms with van der Waals surface area (Å²) in [4.78, 5) is 15.3. The van der Waals surface area contributed by atoms with Gasteiger partial charge in [-0.3, -0.25) is 9.89 Å². The summed E-state index contributed by atoms with van der Waals surface area (Å²) >= 11 is 1.56.